The molecule has 1 saturated heterocycles. The molecular weight excluding hydrogens is 402 g/mol. The number of carbonyl (C=O) groups is 1. The van der Waals surface area contributed by atoms with Gasteiger partial charge < -0.3 is 14.7 Å². The zero-order valence-corrected chi connectivity index (χ0v) is 18.8. The number of benzene rings is 1. The van der Waals surface area contributed by atoms with Crippen LogP contribution in [-0.4, -0.2) is 74.9 Å². The highest BCUT2D eigenvalue weighted by Gasteiger charge is 2.23. The fourth-order valence-electron chi connectivity index (χ4n) is 3.29. The number of hydrogen-bond acceptors (Lipinski definition) is 7. The Labute approximate surface area is 178 Å². The number of piperazine rings is 1. The Morgan fingerprint density at radius 2 is 1.73 bits per heavy atom. The standard InChI is InChI=1S/C21H29N5O3S/c1-16(2)30(28,29)19-7-5-17(6-8-19)13-21(27)26-11-9-25(10-12-26)20-14-18(24(3)4)15-22-23-20/h5-8,14-16H,9-13H2,1-4H3. The Hall–Kier alpha value is -2.68. The third-order valence-electron chi connectivity index (χ3n) is 5.33. The summed E-state index contributed by atoms with van der Waals surface area (Å²) in [6.45, 7) is 5.95. The van der Waals surface area contributed by atoms with E-state index >= 15 is 0 Å². The van der Waals surface area contributed by atoms with Crippen molar-refractivity contribution in [2.24, 2.45) is 0 Å². The maximum absolute atomic E-state index is 12.7. The summed E-state index contributed by atoms with van der Waals surface area (Å²) in [6.07, 6.45) is 1.99. The molecule has 0 unspecified atom stereocenters. The van der Waals surface area contributed by atoms with Crippen LogP contribution in [0.2, 0.25) is 0 Å². The van der Waals surface area contributed by atoms with Gasteiger partial charge in [-0.3, -0.25) is 4.79 Å². The number of nitrogens with zero attached hydrogens (tertiary/aromatic N) is 5. The summed E-state index contributed by atoms with van der Waals surface area (Å²) in [4.78, 5) is 19.0. The number of anilines is 2. The lowest BCUT2D eigenvalue weighted by atomic mass is 10.1. The van der Waals surface area contributed by atoms with E-state index in [0.29, 0.717) is 31.1 Å². The number of sulfone groups is 1. The Morgan fingerprint density at radius 3 is 2.30 bits per heavy atom. The molecule has 0 bridgehead atoms. The predicted molar refractivity (Wildman–Crippen MR) is 118 cm³/mol. The lowest BCUT2D eigenvalue weighted by molar-refractivity contribution is -0.130. The van der Waals surface area contributed by atoms with Gasteiger partial charge in [-0.1, -0.05) is 12.1 Å². The molecule has 0 N–H and O–H groups in total. The van der Waals surface area contributed by atoms with E-state index < -0.39 is 15.1 Å². The lowest BCUT2D eigenvalue weighted by Gasteiger charge is -2.35. The molecule has 1 fully saturated rings. The van der Waals surface area contributed by atoms with E-state index in [4.69, 9.17) is 0 Å². The molecule has 1 aliphatic rings. The van der Waals surface area contributed by atoms with Gasteiger partial charge in [-0.15, -0.1) is 5.10 Å². The molecule has 0 aliphatic carbocycles. The monoisotopic (exact) mass is 431 g/mol. The van der Waals surface area contributed by atoms with Crippen LogP contribution in [0.5, 0.6) is 0 Å². The summed E-state index contributed by atoms with van der Waals surface area (Å²) >= 11 is 0. The first kappa shape index (κ1) is 22.0. The van der Waals surface area contributed by atoms with Gasteiger partial charge in [0.25, 0.3) is 0 Å². The first-order chi connectivity index (χ1) is 14.2. The first-order valence-electron chi connectivity index (χ1n) is 10.0. The van der Waals surface area contributed by atoms with Crippen molar-refractivity contribution in [2.75, 3.05) is 50.1 Å². The predicted octanol–water partition coefficient (Wildman–Crippen LogP) is 1.62. The van der Waals surface area contributed by atoms with E-state index in [1.54, 1.807) is 44.3 Å². The van der Waals surface area contributed by atoms with Crippen LogP contribution in [0.4, 0.5) is 11.5 Å². The molecule has 0 atom stereocenters. The topological polar surface area (TPSA) is 86.7 Å². The zero-order chi connectivity index (χ0) is 21.9. The Kier molecular flexibility index (Phi) is 6.60. The van der Waals surface area contributed by atoms with Crippen molar-refractivity contribution in [3.8, 4) is 0 Å². The summed E-state index contributed by atoms with van der Waals surface area (Å²) < 4.78 is 24.5. The van der Waals surface area contributed by atoms with Crippen molar-refractivity contribution in [2.45, 2.75) is 30.4 Å². The molecule has 2 aromatic rings. The average Bonchev–Trinajstić information content (AvgIpc) is 2.74. The molecule has 0 radical (unpaired) electrons. The van der Waals surface area contributed by atoms with E-state index in [1.807, 2.05) is 30.0 Å². The van der Waals surface area contributed by atoms with Gasteiger partial charge in [0.15, 0.2) is 15.7 Å². The number of hydrogen-bond donors (Lipinski definition) is 0. The van der Waals surface area contributed by atoms with Crippen LogP contribution in [0.1, 0.15) is 19.4 Å². The minimum atomic E-state index is -3.30. The van der Waals surface area contributed by atoms with Crippen molar-refractivity contribution >= 4 is 27.2 Å². The maximum Gasteiger partial charge on any atom is 0.227 e. The minimum absolute atomic E-state index is 0.0437. The lowest BCUT2D eigenvalue weighted by Crippen LogP contribution is -2.49. The summed E-state index contributed by atoms with van der Waals surface area (Å²) in [5.41, 5.74) is 1.80. The highest BCUT2D eigenvalue weighted by atomic mass is 32.2. The van der Waals surface area contributed by atoms with E-state index in [9.17, 15) is 13.2 Å². The largest absolute Gasteiger partial charge is 0.376 e. The number of amides is 1. The van der Waals surface area contributed by atoms with Crippen LogP contribution in [-0.2, 0) is 21.1 Å². The van der Waals surface area contributed by atoms with E-state index in [1.165, 1.54) is 0 Å². The van der Waals surface area contributed by atoms with Crippen molar-refractivity contribution in [3.05, 3.63) is 42.1 Å². The summed E-state index contributed by atoms with van der Waals surface area (Å²) in [5, 5.41) is 7.82. The molecular formula is C21H29N5O3S. The molecule has 3 rings (SSSR count). The van der Waals surface area contributed by atoms with Crippen LogP contribution in [0.15, 0.2) is 41.4 Å². The molecule has 1 aliphatic heterocycles. The van der Waals surface area contributed by atoms with Crippen molar-refractivity contribution in [1.29, 1.82) is 0 Å². The highest BCUT2D eigenvalue weighted by molar-refractivity contribution is 7.92. The number of rotatable bonds is 6. The van der Waals surface area contributed by atoms with Gasteiger partial charge in [0.05, 0.1) is 28.5 Å². The van der Waals surface area contributed by atoms with Gasteiger partial charge >= 0.3 is 0 Å². The second-order valence-electron chi connectivity index (χ2n) is 7.95. The SMILES string of the molecule is CC(C)S(=O)(=O)c1ccc(CC(=O)N2CCN(c3cc(N(C)C)cnn3)CC2)cc1. The average molecular weight is 432 g/mol. The maximum atomic E-state index is 12.7. The summed E-state index contributed by atoms with van der Waals surface area (Å²) in [6, 6.07) is 8.63. The van der Waals surface area contributed by atoms with E-state index in [0.717, 1.165) is 17.1 Å². The van der Waals surface area contributed by atoms with E-state index in [-0.39, 0.29) is 12.3 Å². The highest BCUT2D eigenvalue weighted by Crippen LogP contribution is 2.20. The van der Waals surface area contributed by atoms with Crippen LogP contribution in [0, 0.1) is 0 Å². The summed E-state index contributed by atoms with van der Waals surface area (Å²) in [5.74, 6) is 0.859. The zero-order valence-electron chi connectivity index (χ0n) is 17.9. The van der Waals surface area contributed by atoms with Crippen LogP contribution in [0.3, 0.4) is 0 Å². The molecule has 1 aromatic heterocycles. The molecule has 9 heteroatoms. The van der Waals surface area contributed by atoms with E-state index in [2.05, 4.69) is 15.1 Å². The van der Waals surface area contributed by atoms with Gasteiger partial charge in [0, 0.05) is 46.3 Å². The molecule has 0 spiro atoms. The molecule has 2 heterocycles. The second-order valence-corrected chi connectivity index (χ2v) is 10.5. The minimum Gasteiger partial charge on any atom is -0.376 e. The van der Waals surface area contributed by atoms with Crippen LogP contribution >= 0.6 is 0 Å². The van der Waals surface area contributed by atoms with Gasteiger partial charge in [0.2, 0.25) is 5.91 Å². The fourth-order valence-corrected chi connectivity index (χ4v) is 4.34. The quantitative estimate of drug-likeness (QED) is 0.687. The third kappa shape index (κ3) is 4.89. The van der Waals surface area contributed by atoms with Crippen LogP contribution in [0.25, 0.3) is 0 Å². The first-order valence-corrected chi connectivity index (χ1v) is 11.6. The van der Waals surface area contributed by atoms with Gasteiger partial charge in [-0.2, -0.15) is 5.10 Å². The van der Waals surface area contributed by atoms with Gasteiger partial charge in [0.1, 0.15) is 0 Å². The summed E-state index contributed by atoms with van der Waals surface area (Å²) in [7, 11) is 0.622. The number of carbonyl (C=O) groups excluding carboxylic acids is 1. The normalized spacial score (nSPS) is 14.8. The molecule has 8 nitrogen and oxygen atoms in total. The number of aromatic nitrogens is 2. The molecule has 30 heavy (non-hydrogen) atoms. The van der Waals surface area contributed by atoms with Gasteiger partial charge in [-0.25, -0.2) is 8.42 Å². The smallest absolute Gasteiger partial charge is 0.227 e. The van der Waals surface area contributed by atoms with Crippen molar-refractivity contribution in [1.82, 2.24) is 15.1 Å². The van der Waals surface area contributed by atoms with Crippen molar-refractivity contribution in [3.63, 3.8) is 0 Å². The Bertz CT molecular complexity index is 982. The Balaban J connectivity index is 1.57. The molecule has 0 saturated carbocycles. The Morgan fingerprint density at radius 1 is 1.10 bits per heavy atom. The van der Waals surface area contributed by atoms with Crippen molar-refractivity contribution < 1.29 is 13.2 Å². The van der Waals surface area contributed by atoms with Gasteiger partial charge in [-0.05, 0) is 31.5 Å². The molecule has 1 aromatic carbocycles. The third-order valence-corrected chi connectivity index (χ3v) is 7.50. The molecule has 1 amide bonds. The second kappa shape index (κ2) is 8.99. The fraction of sp³-hybridized carbons (Fsp3) is 0.476. The molecule has 162 valence electrons. The van der Waals surface area contributed by atoms with Crippen LogP contribution < -0.4 is 9.80 Å².